The molecule has 0 saturated carbocycles. The van der Waals surface area contributed by atoms with E-state index in [2.05, 4.69) is 31.9 Å². The van der Waals surface area contributed by atoms with Gasteiger partial charge in [0.15, 0.2) is 0 Å². The molecule has 106 valence electrons. The third-order valence-corrected chi connectivity index (χ3v) is 5.40. The lowest BCUT2D eigenvalue weighted by Gasteiger charge is -2.12. The van der Waals surface area contributed by atoms with Crippen molar-refractivity contribution in [3.05, 3.63) is 62.8 Å². The number of rotatable bonds is 5. The van der Waals surface area contributed by atoms with E-state index in [0.717, 1.165) is 13.8 Å². The fourth-order valence-electron chi connectivity index (χ4n) is 1.76. The van der Waals surface area contributed by atoms with Crippen LogP contribution in [0.25, 0.3) is 0 Å². The van der Waals surface area contributed by atoms with Gasteiger partial charge in [-0.1, -0.05) is 28.1 Å². The van der Waals surface area contributed by atoms with E-state index in [1.165, 1.54) is 6.07 Å². The molecule has 1 atom stereocenters. The number of halogens is 3. The summed E-state index contributed by atoms with van der Waals surface area (Å²) in [4.78, 5) is 1.07. The first-order valence-corrected chi connectivity index (χ1v) is 8.62. The van der Waals surface area contributed by atoms with Crippen molar-refractivity contribution in [1.82, 2.24) is 0 Å². The standard InChI is InChI=1S/C15H13Br2FOS/c16-11-5-6-14(18)10(7-11)8-12(19)9-20-15-4-2-1-3-13(15)17/h1-7,12,19H,8-9H2. The van der Waals surface area contributed by atoms with Gasteiger partial charge in [0.1, 0.15) is 5.82 Å². The fourth-order valence-corrected chi connectivity index (χ4v) is 3.67. The van der Waals surface area contributed by atoms with Gasteiger partial charge >= 0.3 is 0 Å². The highest BCUT2D eigenvalue weighted by atomic mass is 79.9. The molecule has 0 radical (unpaired) electrons. The third kappa shape index (κ3) is 4.58. The summed E-state index contributed by atoms with van der Waals surface area (Å²) in [5, 5.41) is 10.1. The van der Waals surface area contributed by atoms with Crippen LogP contribution >= 0.6 is 43.6 Å². The smallest absolute Gasteiger partial charge is 0.126 e. The van der Waals surface area contributed by atoms with Crippen molar-refractivity contribution in [2.24, 2.45) is 0 Å². The molecule has 2 aromatic carbocycles. The summed E-state index contributed by atoms with van der Waals surface area (Å²) >= 11 is 8.33. The van der Waals surface area contributed by atoms with Gasteiger partial charge < -0.3 is 5.11 Å². The Hall–Kier alpha value is -0.360. The number of hydrogen-bond donors (Lipinski definition) is 1. The van der Waals surface area contributed by atoms with E-state index in [1.54, 1.807) is 23.9 Å². The van der Waals surface area contributed by atoms with Crippen molar-refractivity contribution in [2.45, 2.75) is 17.4 Å². The van der Waals surface area contributed by atoms with Gasteiger partial charge in [-0.25, -0.2) is 4.39 Å². The highest BCUT2D eigenvalue weighted by Crippen LogP contribution is 2.28. The fraction of sp³-hybridized carbons (Fsp3) is 0.200. The van der Waals surface area contributed by atoms with Gasteiger partial charge in [-0.15, -0.1) is 11.8 Å². The predicted octanol–water partition coefficient (Wildman–Crippen LogP) is 5.05. The van der Waals surface area contributed by atoms with Crippen LogP contribution in [0, 0.1) is 5.82 Å². The van der Waals surface area contributed by atoms with Crippen molar-refractivity contribution in [3.8, 4) is 0 Å². The van der Waals surface area contributed by atoms with Crippen molar-refractivity contribution >= 4 is 43.6 Å². The van der Waals surface area contributed by atoms with Crippen molar-refractivity contribution in [2.75, 3.05) is 5.75 Å². The molecule has 0 bridgehead atoms. The number of aliphatic hydroxyl groups is 1. The molecule has 0 aliphatic carbocycles. The molecule has 0 aliphatic heterocycles. The molecule has 0 fully saturated rings. The van der Waals surface area contributed by atoms with Gasteiger partial charge in [0.25, 0.3) is 0 Å². The number of thioether (sulfide) groups is 1. The van der Waals surface area contributed by atoms with E-state index in [1.807, 2.05) is 24.3 Å². The maximum atomic E-state index is 13.6. The second-order valence-corrected chi connectivity index (χ2v) is 7.17. The zero-order chi connectivity index (χ0) is 14.5. The Morgan fingerprint density at radius 2 is 1.90 bits per heavy atom. The number of hydrogen-bond acceptors (Lipinski definition) is 2. The van der Waals surface area contributed by atoms with Crippen LogP contribution in [0.4, 0.5) is 4.39 Å². The average molecular weight is 420 g/mol. The summed E-state index contributed by atoms with van der Waals surface area (Å²) in [6.45, 7) is 0. The Labute approximate surface area is 138 Å². The molecule has 2 aromatic rings. The Bertz CT molecular complexity index is 592. The molecule has 1 nitrogen and oxygen atoms in total. The first-order valence-electron chi connectivity index (χ1n) is 6.05. The minimum Gasteiger partial charge on any atom is -0.392 e. The van der Waals surface area contributed by atoms with Crippen LogP contribution in [0.15, 0.2) is 56.3 Å². The van der Waals surface area contributed by atoms with E-state index in [4.69, 9.17) is 0 Å². The van der Waals surface area contributed by atoms with E-state index in [9.17, 15) is 9.50 Å². The second-order valence-electron chi connectivity index (χ2n) is 4.34. The molecule has 20 heavy (non-hydrogen) atoms. The summed E-state index contributed by atoms with van der Waals surface area (Å²) in [6.07, 6.45) is -0.279. The van der Waals surface area contributed by atoms with Crippen molar-refractivity contribution in [3.63, 3.8) is 0 Å². The third-order valence-electron chi connectivity index (χ3n) is 2.73. The lowest BCUT2D eigenvalue weighted by molar-refractivity contribution is 0.198. The van der Waals surface area contributed by atoms with Crippen LogP contribution in [0.3, 0.4) is 0 Å². The molecule has 0 heterocycles. The molecule has 0 aliphatic rings. The first-order chi connectivity index (χ1) is 9.56. The van der Waals surface area contributed by atoms with Crippen LogP contribution in [0.5, 0.6) is 0 Å². The van der Waals surface area contributed by atoms with E-state index < -0.39 is 6.10 Å². The number of benzene rings is 2. The molecule has 0 spiro atoms. The lowest BCUT2D eigenvalue weighted by Crippen LogP contribution is -2.14. The zero-order valence-electron chi connectivity index (χ0n) is 10.5. The summed E-state index contributed by atoms with van der Waals surface area (Å²) in [5.41, 5.74) is 0.527. The molecule has 2 rings (SSSR count). The highest BCUT2D eigenvalue weighted by Gasteiger charge is 2.11. The van der Waals surface area contributed by atoms with Gasteiger partial charge in [0, 0.05) is 26.0 Å². The van der Waals surface area contributed by atoms with Crippen molar-refractivity contribution < 1.29 is 9.50 Å². The maximum Gasteiger partial charge on any atom is 0.126 e. The van der Waals surface area contributed by atoms with Crippen LogP contribution in [-0.2, 0) is 6.42 Å². The monoisotopic (exact) mass is 418 g/mol. The van der Waals surface area contributed by atoms with Gasteiger partial charge in [-0.2, -0.15) is 0 Å². The summed E-state index contributed by atoms with van der Waals surface area (Å²) in [6, 6.07) is 12.6. The van der Waals surface area contributed by atoms with Crippen LogP contribution in [0.2, 0.25) is 0 Å². The van der Waals surface area contributed by atoms with Gasteiger partial charge in [-0.05, 0) is 51.8 Å². The molecule has 1 N–H and O–H groups in total. The van der Waals surface area contributed by atoms with Crippen molar-refractivity contribution in [1.29, 1.82) is 0 Å². The summed E-state index contributed by atoms with van der Waals surface area (Å²) < 4.78 is 15.4. The molecule has 1 unspecified atom stereocenters. The largest absolute Gasteiger partial charge is 0.392 e. The average Bonchev–Trinajstić information content (AvgIpc) is 2.42. The minimum atomic E-state index is -0.587. The molecular weight excluding hydrogens is 407 g/mol. The maximum absolute atomic E-state index is 13.6. The molecule has 5 heteroatoms. The number of aliphatic hydroxyl groups excluding tert-OH is 1. The molecule has 0 aromatic heterocycles. The topological polar surface area (TPSA) is 20.2 Å². The van der Waals surface area contributed by atoms with E-state index in [-0.39, 0.29) is 5.82 Å². The summed E-state index contributed by atoms with van der Waals surface area (Å²) in [7, 11) is 0. The SMILES string of the molecule is OC(CSc1ccccc1Br)Cc1cc(Br)ccc1F. The van der Waals surface area contributed by atoms with Gasteiger partial charge in [0.2, 0.25) is 0 Å². The second kappa shape index (κ2) is 7.59. The van der Waals surface area contributed by atoms with Crippen LogP contribution < -0.4 is 0 Å². The van der Waals surface area contributed by atoms with Gasteiger partial charge in [-0.3, -0.25) is 0 Å². The quantitative estimate of drug-likeness (QED) is 0.684. The molecule has 0 saturated heterocycles. The minimum absolute atomic E-state index is 0.279. The zero-order valence-corrected chi connectivity index (χ0v) is 14.5. The van der Waals surface area contributed by atoms with Crippen LogP contribution in [0.1, 0.15) is 5.56 Å². The summed E-state index contributed by atoms with van der Waals surface area (Å²) in [5.74, 6) is 0.243. The lowest BCUT2D eigenvalue weighted by atomic mass is 10.1. The van der Waals surface area contributed by atoms with E-state index >= 15 is 0 Å². The van der Waals surface area contributed by atoms with Crippen LogP contribution in [-0.4, -0.2) is 17.0 Å². The van der Waals surface area contributed by atoms with E-state index in [0.29, 0.717) is 17.7 Å². The first kappa shape index (κ1) is 16.0. The molecule has 0 amide bonds. The Balaban J connectivity index is 1.94. The Morgan fingerprint density at radius 1 is 1.15 bits per heavy atom. The highest BCUT2D eigenvalue weighted by molar-refractivity contribution is 9.10. The normalized spacial score (nSPS) is 12.4. The van der Waals surface area contributed by atoms with Gasteiger partial charge in [0.05, 0.1) is 6.10 Å². The molecular formula is C15H13Br2FOS. The predicted molar refractivity (Wildman–Crippen MR) is 88.7 cm³/mol. The Kier molecular flexibility index (Phi) is 6.08. The Morgan fingerprint density at radius 3 is 2.65 bits per heavy atom.